The molecule has 1 saturated heterocycles. The number of anilines is 1. The maximum absolute atomic E-state index is 4.79. The number of guanidine groups is 1. The molecule has 1 saturated carbocycles. The maximum atomic E-state index is 4.79. The van der Waals surface area contributed by atoms with E-state index in [-0.39, 0.29) is 24.0 Å². The molecule has 148 valence electrons. The van der Waals surface area contributed by atoms with Crippen LogP contribution in [0.2, 0.25) is 0 Å². The van der Waals surface area contributed by atoms with Gasteiger partial charge in [0.15, 0.2) is 11.1 Å². The quantitative estimate of drug-likeness (QED) is 0.371. The molecular weight excluding hydrogens is 457 g/mol. The van der Waals surface area contributed by atoms with Crippen LogP contribution in [0.25, 0.3) is 0 Å². The zero-order chi connectivity index (χ0) is 17.7. The number of halogens is 1. The molecule has 0 bridgehead atoms. The summed E-state index contributed by atoms with van der Waals surface area (Å²) in [4.78, 5) is 11.6. The fourth-order valence-electron chi connectivity index (χ4n) is 3.71. The number of nitrogens with zero attached hydrogens (tertiary/aromatic N) is 3. The molecule has 1 aromatic rings. The van der Waals surface area contributed by atoms with Crippen LogP contribution in [0.15, 0.2) is 10.4 Å². The van der Waals surface area contributed by atoms with Gasteiger partial charge in [0, 0.05) is 44.5 Å². The van der Waals surface area contributed by atoms with E-state index in [1.165, 1.54) is 62.4 Å². The molecule has 2 N–H and O–H groups in total. The first-order chi connectivity index (χ1) is 12.1. The fourth-order valence-corrected chi connectivity index (χ4v) is 4.62. The Bertz CT molecular complexity index is 570. The fraction of sp³-hybridized carbons (Fsp3) is 0.789. The normalized spacial score (nSPS) is 20.7. The molecule has 2 aliphatic rings. The standard InChI is InChI=1S/C19H33N5S.HI/c1-19(2)9-6-15(7-10-19)22-17(20-3)21-11-8-16-14-25-18(23-16)24-12-4-5-13-24;/h14-15H,4-13H2,1-3H3,(H2,20,21,22);1H. The van der Waals surface area contributed by atoms with Gasteiger partial charge >= 0.3 is 0 Å². The summed E-state index contributed by atoms with van der Waals surface area (Å²) in [6, 6.07) is 0.556. The molecule has 2 fully saturated rings. The van der Waals surface area contributed by atoms with E-state index < -0.39 is 0 Å². The molecule has 0 atom stereocenters. The summed E-state index contributed by atoms with van der Waals surface area (Å²) in [6.07, 6.45) is 8.61. The van der Waals surface area contributed by atoms with Gasteiger partial charge in [-0.2, -0.15) is 0 Å². The van der Waals surface area contributed by atoms with Crippen LogP contribution in [0, 0.1) is 5.41 Å². The molecule has 1 aliphatic carbocycles. The van der Waals surface area contributed by atoms with Crippen LogP contribution in [-0.4, -0.2) is 43.7 Å². The zero-order valence-corrected chi connectivity index (χ0v) is 19.5. The number of hydrogen-bond donors (Lipinski definition) is 2. The van der Waals surface area contributed by atoms with Gasteiger partial charge in [-0.3, -0.25) is 4.99 Å². The second-order valence-corrected chi connectivity index (χ2v) is 8.98. The molecule has 0 unspecified atom stereocenters. The number of hydrogen-bond acceptors (Lipinski definition) is 4. The van der Waals surface area contributed by atoms with Crippen LogP contribution in [0.3, 0.4) is 0 Å². The molecule has 1 aliphatic heterocycles. The molecule has 7 heteroatoms. The average molecular weight is 491 g/mol. The summed E-state index contributed by atoms with van der Waals surface area (Å²) in [7, 11) is 1.86. The van der Waals surface area contributed by atoms with E-state index in [1.54, 1.807) is 11.3 Å². The van der Waals surface area contributed by atoms with E-state index >= 15 is 0 Å². The third kappa shape index (κ3) is 6.25. The molecule has 5 nitrogen and oxygen atoms in total. The maximum Gasteiger partial charge on any atom is 0.191 e. The van der Waals surface area contributed by atoms with E-state index in [1.807, 2.05) is 7.05 Å². The van der Waals surface area contributed by atoms with Crippen molar-refractivity contribution in [2.45, 2.75) is 64.8 Å². The van der Waals surface area contributed by atoms with Gasteiger partial charge in [0.1, 0.15) is 0 Å². The predicted molar refractivity (Wildman–Crippen MR) is 123 cm³/mol. The van der Waals surface area contributed by atoms with Crippen molar-refractivity contribution in [3.63, 3.8) is 0 Å². The van der Waals surface area contributed by atoms with Crippen LogP contribution in [0.1, 0.15) is 58.1 Å². The lowest BCUT2D eigenvalue weighted by Crippen LogP contribution is -2.46. The van der Waals surface area contributed by atoms with Gasteiger partial charge in [0.05, 0.1) is 5.69 Å². The van der Waals surface area contributed by atoms with Crippen LogP contribution in [0.5, 0.6) is 0 Å². The van der Waals surface area contributed by atoms with Crippen molar-refractivity contribution in [2.75, 3.05) is 31.6 Å². The highest BCUT2D eigenvalue weighted by Gasteiger charge is 2.27. The molecule has 3 rings (SSSR count). The largest absolute Gasteiger partial charge is 0.356 e. The highest BCUT2D eigenvalue weighted by molar-refractivity contribution is 14.0. The van der Waals surface area contributed by atoms with Crippen molar-refractivity contribution in [2.24, 2.45) is 10.4 Å². The van der Waals surface area contributed by atoms with Crippen LogP contribution in [0.4, 0.5) is 5.13 Å². The molecular formula is C19H34IN5S. The molecule has 1 aromatic heterocycles. The monoisotopic (exact) mass is 491 g/mol. The van der Waals surface area contributed by atoms with Crippen molar-refractivity contribution in [1.29, 1.82) is 0 Å². The Hall–Kier alpha value is -0.570. The molecule has 0 aromatic carbocycles. The Kier molecular flexibility index (Phi) is 8.44. The number of thiazole rings is 1. The second-order valence-electron chi connectivity index (χ2n) is 8.15. The Morgan fingerprint density at radius 3 is 2.65 bits per heavy atom. The highest BCUT2D eigenvalue weighted by atomic mass is 127. The minimum atomic E-state index is 0. The number of rotatable bonds is 5. The van der Waals surface area contributed by atoms with Gasteiger partial charge in [0.2, 0.25) is 0 Å². The van der Waals surface area contributed by atoms with Crippen LogP contribution < -0.4 is 15.5 Å². The van der Waals surface area contributed by atoms with Crippen molar-refractivity contribution < 1.29 is 0 Å². The van der Waals surface area contributed by atoms with Gasteiger partial charge in [-0.1, -0.05) is 13.8 Å². The lowest BCUT2D eigenvalue weighted by molar-refractivity contribution is 0.216. The third-order valence-corrected chi connectivity index (χ3v) is 6.44. The molecule has 0 radical (unpaired) electrons. The van der Waals surface area contributed by atoms with Crippen molar-refractivity contribution in [3.05, 3.63) is 11.1 Å². The van der Waals surface area contributed by atoms with Crippen LogP contribution >= 0.6 is 35.3 Å². The second kappa shape index (κ2) is 10.1. The predicted octanol–water partition coefficient (Wildman–Crippen LogP) is 4.04. The zero-order valence-electron chi connectivity index (χ0n) is 16.4. The minimum Gasteiger partial charge on any atom is -0.356 e. The smallest absolute Gasteiger partial charge is 0.191 e. The highest BCUT2D eigenvalue weighted by Crippen LogP contribution is 2.34. The van der Waals surface area contributed by atoms with Crippen LogP contribution in [-0.2, 0) is 6.42 Å². The number of aliphatic imine (C=N–C) groups is 1. The first-order valence-corrected chi connectivity index (χ1v) is 10.6. The summed E-state index contributed by atoms with van der Waals surface area (Å²) in [5.74, 6) is 0.930. The van der Waals surface area contributed by atoms with E-state index in [2.05, 4.69) is 39.8 Å². The Balaban J connectivity index is 0.00000243. The first kappa shape index (κ1) is 21.7. The van der Waals surface area contributed by atoms with Gasteiger partial charge in [-0.25, -0.2) is 4.98 Å². The summed E-state index contributed by atoms with van der Waals surface area (Å²) in [5, 5.41) is 10.4. The van der Waals surface area contributed by atoms with Gasteiger partial charge in [-0.15, -0.1) is 35.3 Å². The van der Waals surface area contributed by atoms with Gasteiger partial charge in [0.25, 0.3) is 0 Å². The van der Waals surface area contributed by atoms with E-state index in [4.69, 9.17) is 4.98 Å². The average Bonchev–Trinajstić information content (AvgIpc) is 3.26. The Labute approximate surface area is 179 Å². The van der Waals surface area contributed by atoms with Crippen molar-refractivity contribution >= 4 is 46.4 Å². The van der Waals surface area contributed by atoms with E-state index in [9.17, 15) is 0 Å². The van der Waals surface area contributed by atoms with Gasteiger partial charge < -0.3 is 15.5 Å². The topological polar surface area (TPSA) is 52.6 Å². The Morgan fingerprint density at radius 1 is 1.31 bits per heavy atom. The van der Waals surface area contributed by atoms with Crippen molar-refractivity contribution in [1.82, 2.24) is 15.6 Å². The lowest BCUT2D eigenvalue weighted by Gasteiger charge is -2.35. The lowest BCUT2D eigenvalue weighted by atomic mass is 9.75. The SMILES string of the molecule is CN=C(NCCc1csc(N2CCCC2)n1)NC1CCC(C)(C)CC1.I. The Morgan fingerprint density at radius 2 is 2.00 bits per heavy atom. The van der Waals surface area contributed by atoms with E-state index in [0.717, 1.165) is 18.9 Å². The molecule has 0 amide bonds. The molecule has 26 heavy (non-hydrogen) atoms. The summed E-state index contributed by atoms with van der Waals surface area (Å²) in [5.41, 5.74) is 1.70. The molecule has 2 heterocycles. The summed E-state index contributed by atoms with van der Waals surface area (Å²) >= 11 is 1.78. The summed E-state index contributed by atoms with van der Waals surface area (Å²) in [6.45, 7) is 7.96. The number of nitrogens with one attached hydrogen (secondary N) is 2. The minimum absolute atomic E-state index is 0. The van der Waals surface area contributed by atoms with Gasteiger partial charge in [-0.05, 0) is 43.9 Å². The van der Waals surface area contributed by atoms with E-state index in [0.29, 0.717) is 11.5 Å². The molecule has 0 spiro atoms. The number of aromatic nitrogens is 1. The summed E-state index contributed by atoms with van der Waals surface area (Å²) < 4.78 is 0. The first-order valence-electron chi connectivity index (χ1n) is 9.72. The van der Waals surface area contributed by atoms with Crippen molar-refractivity contribution in [3.8, 4) is 0 Å². The third-order valence-electron chi connectivity index (χ3n) is 5.49.